The maximum atomic E-state index is 3.93. The summed E-state index contributed by atoms with van der Waals surface area (Å²) in [4.78, 5) is 0. The van der Waals surface area contributed by atoms with Crippen molar-refractivity contribution in [2.45, 2.75) is 26.4 Å². The number of nitrogens with one attached hydrogen (secondary N) is 1. The molecule has 5 nitrogen and oxygen atoms in total. The maximum Gasteiger partial charge on any atom is 0.243 e. The van der Waals surface area contributed by atoms with Crippen LogP contribution in [0.25, 0.3) is 0 Å². The van der Waals surface area contributed by atoms with E-state index in [-0.39, 0.29) is 0 Å². The van der Waals surface area contributed by atoms with Gasteiger partial charge in [0, 0.05) is 13.1 Å². The highest BCUT2D eigenvalue weighted by molar-refractivity contribution is 7.07. The molecule has 0 saturated heterocycles. The van der Waals surface area contributed by atoms with E-state index in [0.717, 1.165) is 25.5 Å². The van der Waals surface area contributed by atoms with E-state index in [0.29, 0.717) is 0 Å². The van der Waals surface area contributed by atoms with E-state index >= 15 is 0 Å². The van der Waals surface area contributed by atoms with Crippen molar-refractivity contribution < 1.29 is 0 Å². The van der Waals surface area contributed by atoms with E-state index in [1.54, 1.807) is 16.0 Å². The van der Waals surface area contributed by atoms with E-state index in [9.17, 15) is 0 Å². The molecule has 2 heterocycles. The second-order valence-electron chi connectivity index (χ2n) is 3.21. The molecule has 0 bridgehead atoms. The van der Waals surface area contributed by atoms with E-state index in [1.165, 1.54) is 5.56 Å². The monoisotopic (exact) mass is 223 g/mol. The van der Waals surface area contributed by atoms with Crippen molar-refractivity contribution in [2.24, 2.45) is 0 Å². The van der Waals surface area contributed by atoms with Crippen LogP contribution in [0.4, 0.5) is 5.95 Å². The lowest BCUT2D eigenvalue weighted by atomic mass is 10.3. The fraction of sp³-hybridized carbons (Fsp3) is 0.444. The molecule has 0 amide bonds. The number of aryl methyl sites for hydroxylation is 1. The molecule has 15 heavy (non-hydrogen) atoms. The summed E-state index contributed by atoms with van der Waals surface area (Å²) in [6.45, 7) is 3.72. The Kier molecular flexibility index (Phi) is 3.29. The molecule has 80 valence electrons. The maximum absolute atomic E-state index is 3.93. The fourth-order valence-electron chi connectivity index (χ4n) is 1.27. The summed E-state index contributed by atoms with van der Waals surface area (Å²) >= 11 is 1.69. The summed E-state index contributed by atoms with van der Waals surface area (Å²) in [5.74, 6) is 0.739. The average Bonchev–Trinajstić information content (AvgIpc) is 2.85. The Morgan fingerprint density at radius 1 is 1.53 bits per heavy atom. The molecule has 6 heteroatoms. The molecule has 0 fully saturated rings. The zero-order valence-electron chi connectivity index (χ0n) is 8.55. The van der Waals surface area contributed by atoms with E-state index in [1.807, 2.05) is 0 Å². The standard InChI is InChI=1S/C9H13N5S/c1-2-4-14-9(11-12-13-14)10-6-8-3-5-15-7-8/h3,5,7H,2,4,6H2,1H3,(H,10,11,13). The lowest BCUT2D eigenvalue weighted by Gasteiger charge is -2.04. The molecule has 0 unspecified atom stereocenters. The van der Waals surface area contributed by atoms with Gasteiger partial charge in [-0.1, -0.05) is 12.0 Å². The molecule has 1 N–H and O–H groups in total. The first-order valence-corrected chi connectivity index (χ1v) is 5.85. The first-order chi connectivity index (χ1) is 7.40. The van der Waals surface area contributed by atoms with Crippen molar-refractivity contribution >= 4 is 17.3 Å². The van der Waals surface area contributed by atoms with Gasteiger partial charge < -0.3 is 5.32 Å². The minimum absolute atomic E-state index is 0.739. The van der Waals surface area contributed by atoms with E-state index < -0.39 is 0 Å². The predicted molar refractivity (Wildman–Crippen MR) is 59.8 cm³/mol. The van der Waals surface area contributed by atoms with Crippen LogP contribution in [0.5, 0.6) is 0 Å². The van der Waals surface area contributed by atoms with Crippen molar-refractivity contribution in [1.29, 1.82) is 0 Å². The van der Waals surface area contributed by atoms with Gasteiger partial charge in [0.2, 0.25) is 5.95 Å². The van der Waals surface area contributed by atoms with Gasteiger partial charge in [0.25, 0.3) is 0 Å². The minimum atomic E-state index is 0.739. The molecule has 0 spiro atoms. The minimum Gasteiger partial charge on any atom is -0.349 e. The van der Waals surface area contributed by atoms with Gasteiger partial charge in [-0.25, -0.2) is 4.68 Å². The number of tetrazole rings is 1. The van der Waals surface area contributed by atoms with Gasteiger partial charge in [-0.2, -0.15) is 11.3 Å². The highest BCUT2D eigenvalue weighted by Crippen LogP contribution is 2.08. The van der Waals surface area contributed by atoms with Crippen LogP contribution < -0.4 is 5.32 Å². The Morgan fingerprint density at radius 3 is 3.20 bits per heavy atom. The summed E-state index contributed by atoms with van der Waals surface area (Å²) in [5.41, 5.74) is 1.26. The molecule has 2 aromatic rings. The van der Waals surface area contributed by atoms with Gasteiger partial charge in [-0.15, -0.1) is 0 Å². The quantitative estimate of drug-likeness (QED) is 0.839. The Bertz CT molecular complexity index is 394. The van der Waals surface area contributed by atoms with Gasteiger partial charge in [0.1, 0.15) is 0 Å². The topological polar surface area (TPSA) is 55.6 Å². The Hall–Kier alpha value is -1.43. The summed E-state index contributed by atoms with van der Waals surface area (Å²) in [7, 11) is 0. The number of aromatic nitrogens is 4. The molecule has 2 rings (SSSR count). The molecular formula is C9H13N5S. The molecule has 0 saturated carbocycles. The van der Waals surface area contributed by atoms with Gasteiger partial charge in [-0.05, 0) is 39.2 Å². The van der Waals surface area contributed by atoms with Crippen LogP contribution >= 0.6 is 11.3 Å². The molecule has 2 aromatic heterocycles. The average molecular weight is 223 g/mol. The molecule has 0 aliphatic carbocycles. The van der Waals surface area contributed by atoms with Gasteiger partial charge in [0.15, 0.2) is 0 Å². The highest BCUT2D eigenvalue weighted by atomic mass is 32.1. The van der Waals surface area contributed by atoms with Crippen molar-refractivity contribution in [3.05, 3.63) is 22.4 Å². The molecule has 0 aromatic carbocycles. The Balaban J connectivity index is 1.95. The number of nitrogens with zero attached hydrogens (tertiary/aromatic N) is 4. The lowest BCUT2D eigenvalue weighted by Crippen LogP contribution is -2.08. The van der Waals surface area contributed by atoms with Crippen LogP contribution in [0.2, 0.25) is 0 Å². The smallest absolute Gasteiger partial charge is 0.243 e. The first-order valence-electron chi connectivity index (χ1n) is 4.91. The zero-order valence-corrected chi connectivity index (χ0v) is 9.37. The predicted octanol–water partition coefficient (Wildman–Crippen LogP) is 1.76. The third kappa shape index (κ3) is 2.53. The Labute approximate surface area is 92.1 Å². The summed E-state index contributed by atoms with van der Waals surface area (Å²) in [6, 6.07) is 2.09. The third-order valence-corrected chi connectivity index (χ3v) is 2.73. The van der Waals surface area contributed by atoms with Crippen molar-refractivity contribution in [2.75, 3.05) is 5.32 Å². The zero-order chi connectivity index (χ0) is 10.5. The van der Waals surface area contributed by atoms with Gasteiger partial charge in [0.05, 0.1) is 0 Å². The summed E-state index contributed by atoms with van der Waals surface area (Å²) in [5, 5.41) is 18.9. The second-order valence-corrected chi connectivity index (χ2v) is 3.99. The SMILES string of the molecule is CCCn1nnnc1NCc1ccsc1. The normalized spacial score (nSPS) is 10.5. The van der Waals surface area contributed by atoms with E-state index in [4.69, 9.17) is 0 Å². The van der Waals surface area contributed by atoms with Crippen LogP contribution in [0.15, 0.2) is 16.8 Å². The third-order valence-electron chi connectivity index (χ3n) is 2.00. The number of hydrogen-bond donors (Lipinski definition) is 1. The van der Waals surface area contributed by atoms with Crippen LogP contribution in [0, 0.1) is 0 Å². The summed E-state index contributed by atoms with van der Waals surface area (Å²) < 4.78 is 1.78. The Morgan fingerprint density at radius 2 is 2.47 bits per heavy atom. The number of anilines is 1. The van der Waals surface area contributed by atoms with Gasteiger partial charge in [-0.3, -0.25) is 0 Å². The number of rotatable bonds is 5. The molecular weight excluding hydrogens is 210 g/mol. The molecule has 0 aliphatic heterocycles. The number of thiophene rings is 1. The molecule has 0 aliphatic rings. The fourth-order valence-corrected chi connectivity index (χ4v) is 1.94. The lowest BCUT2D eigenvalue weighted by molar-refractivity contribution is 0.582. The van der Waals surface area contributed by atoms with Crippen LogP contribution in [0.3, 0.4) is 0 Å². The van der Waals surface area contributed by atoms with E-state index in [2.05, 4.69) is 44.6 Å². The van der Waals surface area contributed by atoms with Crippen molar-refractivity contribution in [1.82, 2.24) is 20.2 Å². The van der Waals surface area contributed by atoms with Crippen LogP contribution in [-0.2, 0) is 13.1 Å². The number of hydrogen-bond acceptors (Lipinski definition) is 5. The van der Waals surface area contributed by atoms with Crippen molar-refractivity contribution in [3.63, 3.8) is 0 Å². The summed E-state index contributed by atoms with van der Waals surface area (Å²) in [6.07, 6.45) is 1.03. The molecule has 0 radical (unpaired) electrons. The van der Waals surface area contributed by atoms with Crippen molar-refractivity contribution in [3.8, 4) is 0 Å². The largest absolute Gasteiger partial charge is 0.349 e. The second kappa shape index (κ2) is 4.88. The molecule has 0 atom stereocenters. The first kappa shape index (κ1) is 10.1. The van der Waals surface area contributed by atoms with Gasteiger partial charge >= 0.3 is 0 Å². The van der Waals surface area contributed by atoms with Crippen LogP contribution in [0.1, 0.15) is 18.9 Å². The highest BCUT2D eigenvalue weighted by Gasteiger charge is 2.03. The van der Waals surface area contributed by atoms with Crippen LogP contribution in [-0.4, -0.2) is 20.2 Å².